The number of halogens is 1. The van der Waals surface area contributed by atoms with Crippen LogP contribution in [0.2, 0.25) is 5.15 Å². The van der Waals surface area contributed by atoms with E-state index in [-0.39, 0.29) is 0 Å². The molecule has 0 spiro atoms. The Morgan fingerprint density at radius 1 is 1.12 bits per heavy atom. The zero-order chi connectivity index (χ0) is 17.3. The number of aryl methyl sites for hydroxylation is 1. The first kappa shape index (κ1) is 17.2. The third-order valence-corrected chi connectivity index (χ3v) is 5.78. The Balaban J connectivity index is 1.77. The third-order valence-electron chi connectivity index (χ3n) is 5.56. The Morgan fingerprint density at radius 2 is 1.83 bits per heavy atom. The molecule has 3 rings (SSSR count). The van der Waals surface area contributed by atoms with E-state index in [4.69, 9.17) is 16.6 Å². The highest BCUT2D eigenvalue weighted by atomic mass is 35.5. The van der Waals surface area contributed by atoms with Crippen molar-refractivity contribution >= 4 is 17.4 Å². The van der Waals surface area contributed by atoms with Gasteiger partial charge in [-0.2, -0.15) is 0 Å². The SMILES string of the molecule is Cc1nc(N2CCC(C)(C(C)C)CC2)cnc1-c1ccc(Cl)nc1. The highest BCUT2D eigenvalue weighted by molar-refractivity contribution is 6.29. The molecule has 0 atom stereocenters. The van der Waals surface area contributed by atoms with E-state index in [0.29, 0.717) is 16.5 Å². The van der Waals surface area contributed by atoms with Gasteiger partial charge < -0.3 is 4.90 Å². The number of hydrogen-bond acceptors (Lipinski definition) is 4. The van der Waals surface area contributed by atoms with Gasteiger partial charge in [0.1, 0.15) is 11.0 Å². The molecule has 0 radical (unpaired) electrons. The zero-order valence-corrected chi connectivity index (χ0v) is 15.6. The molecule has 1 saturated heterocycles. The van der Waals surface area contributed by atoms with E-state index in [1.807, 2.05) is 19.2 Å². The van der Waals surface area contributed by atoms with Gasteiger partial charge in [-0.3, -0.25) is 4.98 Å². The molecular weight excluding hydrogens is 320 g/mol. The quantitative estimate of drug-likeness (QED) is 0.752. The second-order valence-corrected chi connectivity index (χ2v) is 7.71. The summed E-state index contributed by atoms with van der Waals surface area (Å²) in [4.78, 5) is 15.9. The fourth-order valence-electron chi connectivity index (χ4n) is 3.25. The van der Waals surface area contributed by atoms with Crippen molar-refractivity contribution in [2.75, 3.05) is 18.0 Å². The van der Waals surface area contributed by atoms with E-state index in [9.17, 15) is 0 Å². The lowest BCUT2D eigenvalue weighted by molar-refractivity contribution is 0.165. The normalized spacial score (nSPS) is 17.3. The summed E-state index contributed by atoms with van der Waals surface area (Å²) in [6.45, 7) is 11.2. The summed E-state index contributed by atoms with van der Waals surface area (Å²) >= 11 is 5.86. The molecule has 128 valence electrons. The van der Waals surface area contributed by atoms with Crippen molar-refractivity contribution in [3.63, 3.8) is 0 Å². The van der Waals surface area contributed by atoms with E-state index in [1.165, 1.54) is 12.8 Å². The minimum absolute atomic E-state index is 0.438. The average Bonchev–Trinajstić information content (AvgIpc) is 2.56. The Kier molecular flexibility index (Phi) is 4.77. The van der Waals surface area contributed by atoms with E-state index in [1.54, 1.807) is 12.3 Å². The Bertz CT molecular complexity index is 704. The molecule has 24 heavy (non-hydrogen) atoms. The molecule has 0 bridgehead atoms. The number of piperidine rings is 1. The van der Waals surface area contributed by atoms with E-state index in [0.717, 1.165) is 35.9 Å². The molecule has 0 aliphatic carbocycles. The van der Waals surface area contributed by atoms with Crippen LogP contribution in [-0.2, 0) is 0 Å². The Hall–Kier alpha value is -1.68. The van der Waals surface area contributed by atoms with Crippen LogP contribution < -0.4 is 4.90 Å². The van der Waals surface area contributed by atoms with Gasteiger partial charge in [-0.25, -0.2) is 9.97 Å². The van der Waals surface area contributed by atoms with E-state index >= 15 is 0 Å². The van der Waals surface area contributed by atoms with Crippen LogP contribution in [0.15, 0.2) is 24.5 Å². The summed E-state index contributed by atoms with van der Waals surface area (Å²) in [6, 6.07) is 3.71. The Morgan fingerprint density at radius 3 is 2.38 bits per heavy atom. The van der Waals surface area contributed by atoms with Crippen molar-refractivity contribution in [1.82, 2.24) is 15.0 Å². The molecular formula is C19H25ClN4. The summed E-state index contributed by atoms with van der Waals surface area (Å²) in [7, 11) is 0. The van der Waals surface area contributed by atoms with Gasteiger partial charge in [0.25, 0.3) is 0 Å². The van der Waals surface area contributed by atoms with Gasteiger partial charge >= 0.3 is 0 Å². The summed E-state index contributed by atoms with van der Waals surface area (Å²) < 4.78 is 0. The van der Waals surface area contributed by atoms with Crippen molar-refractivity contribution in [3.8, 4) is 11.3 Å². The molecule has 1 aliphatic rings. The van der Waals surface area contributed by atoms with Crippen molar-refractivity contribution in [3.05, 3.63) is 35.4 Å². The van der Waals surface area contributed by atoms with Crippen LogP contribution in [-0.4, -0.2) is 28.0 Å². The van der Waals surface area contributed by atoms with Crippen LogP contribution in [0.4, 0.5) is 5.82 Å². The van der Waals surface area contributed by atoms with Crippen LogP contribution in [0, 0.1) is 18.3 Å². The number of aromatic nitrogens is 3. The zero-order valence-electron chi connectivity index (χ0n) is 14.9. The lowest BCUT2D eigenvalue weighted by atomic mass is 9.72. The number of anilines is 1. The molecule has 0 N–H and O–H groups in total. The second kappa shape index (κ2) is 6.67. The standard InChI is InChI=1S/C19H25ClN4/c1-13(2)19(4)7-9-24(10-8-19)17-12-22-18(14(3)23-17)15-5-6-16(20)21-11-15/h5-6,11-13H,7-10H2,1-4H3. The average molecular weight is 345 g/mol. The highest BCUT2D eigenvalue weighted by Gasteiger charge is 2.33. The number of hydrogen-bond donors (Lipinski definition) is 0. The molecule has 5 heteroatoms. The minimum Gasteiger partial charge on any atom is -0.355 e. The summed E-state index contributed by atoms with van der Waals surface area (Å²) in [5.41, 5.74) is 3.18. The molecule has 0 saturated carbocycles. The molecule has 2 aromatic heterocycles. The van der Waals surface area contributed by atoms with Crippen LogP contribution in [0.5, 0.6) is 0 Å². The largest absolute Gasteiger partial charge is 0.355 e. The van der Waals surface area contributed by atoms with Crippen molar-refractivity contribution in [2.24, 2.45) is 11.3 Å². The summed E-state index contributed by atoms with van der Waals surface area (Å²) in [5.74, 6) is 1.69. The van der Waals surface area contributed by atoms with Crippen LogP contribution >= 0.6 is 11.6 Å². The number of pyridine rings is 1. The van der Waals surface area contributed by atoms with Gasteiger partial charge in [0, 0.05) is 24.8 Å². The van der Waals surface area contributed by atoms with Gasteiger partial charge in [-0.15, -0.1) is 0 Å². The maximum Gasteiger partial charge on any atom is 0.147 e. The monoisotopic (exact) mass is 344 g/mol. The lowest BCUT2D eigenvalue weighted by Gasteiger charge is -2.42. The van der Waals surface area contributed by atoms with Crippen LogP contribution in [0.3, 0.4) is 0 Å². The van der Waals surface area contributed by atoms with Crippen LogP contribution in [0.25, 0.3) is 11.3 Å². The lowest BCUT2D eigenvalue weighted by Crippen LogP contribution is -2.41. The Labute approximate surface area is 149 Å². The highest BCUT2D eigenvalue weighted by Crippen LogP contribution is 2.39. The fourth-order valence-corrected chi connectivity index (χ4v) is 3.36. The molecule has 0 unspecified atom stereocenters. The molecule has 2 aromatic rings. The minimum atomic E-state index is 0.438. The number of rotatable bonds is 3. The summed E-state index contributed by atoms with van der Waals surface area (Å²) in [5, 5.41) is 0.488. The molecule has 1 aliphatic heterocycles. The van der Waals surface area contributed by atoms with Gasteiger partial charge in [-0.05, 0) is 43.2 Å². The molecule has 1 fully saturated rings. The molecule has 3 heterocycles. The topological polar surface area (TPSA) is 41.9 Å². The first-order chi connectivity index (χ1) is 11.4. The fraction of sp³-hybridized carbons (Fsp3) is 0.526. The van der Waals surface area contributed by atoms with Crippen LogP contribution in [0.1, 0.15) is 39.3 Å². The second-order valence-electron chi connectivity index (χ2n) is 7.33. The van der Waals surface area contributed by atoms with Gasteiger partial charge in [0.05, 0.1) is 17.6 Å². The van der Waals surface area contributed by atoms with Crippen molar-refractivity contribution < 1.29 is 0 Å². The first-order valence-electron chi connectivity index (χ1n) is 8.59. The molecule has 0 aromatic carbocycles. The first-order valence-corrected chi connectivity index (χ1v) is 8.97. The molecule has 4 nitrogen and oxygen atoms in total. The third kappa shape index (κ3) is 3.39. The number of nitrogens with zero attached hydrogens (tertiary/aromatic N) is 4. The van der Waals surface area contributed by atoms with Gasteiger partial charge in [0.15, 0.2) is 0 Å². The maximum absolute atomic E-state index is 5.86. The maximum atomic E-state index is 5.86. The smallest absolute Gasteiger partial charge is 0.147 e. The predicted octanol–water partition coefficient (Wildman–Crippen LogP) is 4.76. The van der Waals surface area contributed by atoms with E-state index < -0.39 is 0 Å². The van der Waals surface area contributed by atoms with Crippen molar-refractivity contribution in [2.45, 2.75) is 40.5 Å². The van der Waals surface area contributed by atoms with Crippen molar-refractivity contribution in [1.29, 1.82) is 0 Å². The van der Waals surface area contributed by atoms with E-state index in [2.05, 4.69) is 35.6 Å². The molecule has 0 amide bonds. The van der Waals surface area contributed by atoms with Gasteiger partial charge in [-0.1, -0.05) is 32.4 Å². The summed E-state index contributed by atoms with van der Waals surface area (Å²) in [6.07, 6.45) is 6.03. The predicted molar refractivity (Wildman–Crippen MR) is 99.4 cm³/mol. The van der Waals surface area contributed by atoms with Gasteiger partial charge in [0.2, 0.25) is 0 Å².